The Morgan fingerprint density at radius 3 is 2.64 bits per heavy atom. The Kier molecular flexibility index (Phi) is 3.17. The van der Waals surface area contributed by atoms with Crippen molar-refractivity contribution in [2.24, 2.45) is 0 Å². The van der Waals surface area contributed by atoms with Crippen molar-refractivity contribution in [3.63, 3.8) is 0 Å². The van der Waals surface area contributed by atoms with Gasteiger partial charge in [-0.25, -0.2) is 0 Å². The highest BCUT2D eigenvalue weighted by Gasteiger charge is 2.16. The summed E-state index contributed by atoms with van der Waals surface area (Å²) in [4.78, 5) is 0. The van der Waals surface area contributed by atoms with Crippen LogP contribution in [0, 0.1) is 0 Å². The van der Waals surface area contributed by atoms with E-state index in [1.54, 1.807) is 0 Å². The molecule has 1 aromatic carbocycles. The topological polar surface area (TPSA) is 29.5 Å². The first-order valence-corrected chi connectivity index (χ1v) is 5.21. The first-order chi connectivity index (χ1) is 6.90. The lowest BCUT2D eigenvalue weighted by Crippen LogP contribution is -1.96. The van der Waals surface area contributed by atoms with Crippen LogP contribution in [0.2, 0.25) is 0 Å². The lowest BCUT2D eigenvalue weighted by molar-refractivity contribution is 0.112. The third kappa shape index (κ3) is 2.14. The molecular weight excluding hydrogens is 176 g/mol. The fourth-order valence-electron chi connectivity index (χ4n) is 1.87. The summed E-state index contributed by atoms with van der Waals surface area (Å²) in [5, 5.41) is 8.78. The van der Waals surface area contributed by atoms with Gasteiger partial charge < -0.3 is 9.84 Å². The largest absolute Gasteiger partial charge is 0.396 e. The number of aliphatic hydroxyl groups is 1. The molecule has 0 radical (unpaired) electrons. The highest BCUT2D eigenvalue weighted by Crippen LogP contribution is 2.28. The molecule has 1 saturated heterocycles. The van der Waals surface area contributed by atoms with E-state index in [4.69, 9.17) is 9.84 Å². The van der Waals surface area contributed by atoms with E-state index in [-0.39, 0.29) is 6.61 Å². The highest BCUT2D eigenvalue weighted by molar-refractivity contribution is 5.24. The molecular formula is C12H16O2. The average molecular weight is 192 g/mol. The van der Waals surface area contributed by atoms with Gasteiger partial charge in [0.15, 0.2) is 0 Å². The van der Waals surface area contributed by atoms with Gasteiger partial charge in [0.25, 0.3) is 0 Å². The average Bonchev–Trinajstić information content (AvgIpc) is 2.72. The lowest BCUT2D eigenvalue weighted by Gasteiger charge is -2.09. The Hall–Kier alpha value is -0.860. The number of benzene rings is 1. The monoisotopic (exact) mass is 192 g/mol. The number of hydrogen-bond acceptors (Lipinski definition) is 2. The maximum atomic E-state index is 8.78. The molecule has 2 rings (SSSR count). The summed E-state index contributed by atoms with van der Waals surface area (Å²) in [6.07, 6.45) is 3.35. The molecule has 0 amide bonds. The molecule has 1 atom stereocenters. The second kappa shape index (κ2) is 4.58. The normalized spacial score (nSPS) is 21.4. The molecule has 0 aromatic heterocycles. The highest BCUT2D eigenvalue weighted by atomic mass is 16.5. The maximum Gasteiger partial charge on any atom is 0.0825 e. The second-order valence-corrected chi connectivity index (χ2v) is 3.72. The third-order valence-corrected chi connectivity index (χ3v) is 2.68. The molecule has 1 unspecified atom stereocenters. The van der Waals surface area contributed by atoms with Crippen molar-refractivity contribution in [3.05, 3.63) is 35.4 Å². The van der Waals surface area contributed by atoms with Crippen LogP contribution in [-0.4, -0.2) is 18.3 Å². The lowest BCUT2D eigenvalue weighted by atomic mass is 10.0. The quantitative estimate of drug-likeness (QED) is 0.794. The van der Waals surface area contributed by atoms with Crippen molar-refractivity contribution < 1.29 is 9.84 Å². The zero-order valence-corrected chi connectivity index (χ0v) is 8.28. The third-order valence-electron chi connectivity index (χ3n) is 2.68. The molecule has 0 aliphatic carbocycles. The van der Waals surface area contributed by atoms with Gasteiger partial charge in [0.1, 0.15) is 0 Å². The van der Waals surface area contributed by atoms with E-state index in [2.05, 4.69) is 24.3 Å². The Bertz CT molecular complexity index is 273. The molecule has 0 saturated carbocycles. The Morgan fingerprint density at radius 1 is 1.29 bits per heavy atom. The van der Waals surface area contributed by atoms with Gasteiger partial charge in [-0.05, 0) is 30.4 Å². The van der Waals surface area contributed by atoms with E-state index >= 15 is 0 Å². The van der Waals surface area contributed by atoms with Gasteiger partial charge >= 0.3 is 0 Å². The van der Waals surface area contributed by atoms with Gasteiger partial charge in [-0.1, -0.05) is 24.3 Å². The van der Waals surface area contributed by atoms with Gasteiger partial charge in [0, 0.05) is 13.2 Å². The van der Waals surface area contributed by atoms with Crippen molar-refractivity contribution in [2.75, 3.05) is 13.2 Å². The molecule has 14 heavy (non-hydrogen) atoms. The summed E-state index contributed by atoms with van der Waals surface area (Å²) < 4.78 is 5.59. The molecule has 0 spiro atoms. The number of ether oxygens (including phenoxy) is 1. The van der Waals surface area contributed by atoms with Gasteiger partial charge in [-0.15, -0.1) is 0 Å². The van der Waals surface area contributed by atoms with Gasteiger partial charge in [0.05, 0.1) is 6.10 Å². The summed E-state index contributed by atoms with van der Waals surface area (Å²) in [5.74, 6) is 0. The van der Waals surface area contributed by atoms with Crippen molar-refractivity contribution >= 4 is 0 Å². The van der Waals surface area contributed by atoms with Crippen LogP contribution in [-0.2, 0) is 11.2 Å². The van der Waals surface area contributed by atoms with Crippen LogP contribution in [0.5, 0.6) is 0 Å². The predicted molar refractivity (Wildman–Crippen MR) is 55.2 cm³/mol. The molecule has 1 aromatic rings. The van der Waals surface area contributed by atoms with Crippen molar-refractivity contribution in [1.29, 1.82) is 0 Å². The molecule has 1 aliphatic rings. The molecule has 2 nitrogen and oxygen atoms in total. The van der Waals surface area contributed by atoms with E-state index in [1.165, 1.54) is 17.5 Å². The molecule has 1 aliphatic heterocycles. The molecule has 0 bridgehead atoms. The first kappa shape index (κ1) is 9.69. The second-order valence-electron chi connectivity index (χ2n) is 3.72. The van der Waals surface area contributed by atoms with Crippen LogP contribution in [0.3, 0.4) is 0 Å². The SMILES string of the molecule is OCCc1ccc(C2CCCO2)cc1. The summed E-state index contributed by atoms with van der Waals surface area (Å²) in [7, 11) is 0. The van der Waals surface area contributed by atoms with Crippen molar-refractivity contribution in [1.82, 2.24) is 0 Å². The van der Waals surface area contributed by atoms with Gasteiger partial charge in [-0.2, -0.15) is 0 Å². The summed E-state index contributed by atoms with van der Waals surface area (Å²) in [6.45, 7) is 1.11. The van der Waals surface area contributed by atoms with Crippen LogP contribution in [0.1, 0.15) is 30.1 Å². The standard InChI is InChI=1S/C12H16O2/c13-8-7-10-3-5-11(6-4-10)12-2-1-9-14-12/h3-6,12-13H,1-2,7-9H2. The van der Waals surface area contributed by atoms with E-state index < -0.39 is 0 Å². The predicted octanol–water partition coefficient (Wildman–Crippen LogP) is 2.07. The van der Waals surface area contributed by atoms with Gasteiger partial charge in [-0.3, -0.25) is 0 Å². The summed E-state index contributed by atoms with van der Waals surface area (Å²) in [6, 6.07) is 8.38. The van der Waals surface area contributed by atoms with Gasteiger partial charge in [0.2, 0.25) is 0 Å². The van der Waals surface area contributed by atoms with Crippen LogP contribution in [0.15, 0.2) is 24.3 Å². The van der Waals surface area contributed by atoms with Crippen LogP contribution >= 0.6 is 0 Å². The minimum absolute atomic E-state index is 0.222. The van der Waals surface area contributed by atoms with Crippen LogP contribution < -0.4 is 0 Å². The minimum atomic E-state index is 0.222. The number of hydrogen-bond donors (Lipinski definition) is 1. The Labute approximate surface area is 84.5 Å². The number of rotatable bonds is 3. The molecule has 1 fully saturated rings. The number of aliphatic hydroxyl groups excluding tert-OH is 1. The first-order valence-electron chi connectivity index (χ1n) is 5.21. The van der Waals surface area contributed by atoms with E-state index in [9.17, 15) is 0 Å². The molecule has 76 valence electrons. The summed E-state index contributed by atoms with van der Waals surface area (Å²) >= 11 is 0. The fourth-order valence-corrected chi connectivity index (χ4v) is 1.87. The van der Waals surface area contributed by atoms with Crippen LogP contribution in [0.25, 0.3) is 0 Å². The molecule has 1 heterocycles. The Balaban J connectivity index is 2.05. The zero-order chi connectivity index (χ0) is 9.80. The zero-order valence-electron chi connectivity index (χ0n) is 8.28. The smallest absolute Gasteiger partial charge is 0.0825 e. The molecule has 1 N–H and O–H groups in total. The summed E-state index contributed by atoms with van der Waals surface area (Å²) in [5.41, 5.74) is 2.46. The van der Waals surface area contributed by atoms with E-state index in [0.717, 1.165) is 19.4 Å². The molecule has 2 heteroatoms. The van der Waals surface area contributed by atoms with E-state index in [0.29, 0.717) is 6.10 Å². The Morgan fingerprint density at radius 2 is 2.07 bits per heavy atom. The van der Waals surface area contributed by atoms with E-state index in [1.807, 2.05) is 0 Å². The van der Waals surface area contributed by atoms with Crippen molar-refractivity contribution in [3.8, 4) is 0 Å². The minimum Gasteiger partial charge on any atom is -0.396 e. The van der Waals surface area contributed by atoms with Crippen molar-refractivity contribution in [2.45, 2.75) is 25.4 Å². The van der Waals surface area contributed by atoms with Crippen LogP contribution in [0.4, 0.5) is 0 Å². The fraction of sp³-hybridized carbons (Fsp3) is 0.500. The maximum absolute atomic E-state index is 8.78.